The van der Waals surface area contributed by atoms with Gasteiger partial charge in [0.2, 0.25) is 5.96 Å². The van der Waals surface area contributed by atoms with Crippen molar-refractivity contribution in [2.24, 2.45) is 4.99 Å². The van der Waals surface area contributed by atoms with Crippen molar-refractivity contribution in [1.29, 1.82) is 0 Å². The van der Waals surface area contributed by atoms with Crippen LogP contribution in [0.3, 0.4) is 0 Å². The number of carboxylic acid groups (broad SMARTS) is 1. The first-order chi connectivity index (χ1) is 11.5. The SMILES string of the molecule is CC(C)(C)OC(=O)NC(=NCC(O)c1ccc(O)c(Br)c1)NC(=O)O. The van der Waals surface area contributed by atoms with E-state index in [0.29, 0.717) is 10.0 Å². The predicted molar refractivity (Wildman–Crippen MR) is 93.6 cm³/mol. The number of guanidine groups is 1. The molecule has 0 heterocycles. The van der Waals surface area contributed by atoms with Crippen molar-refractivity contribution in [2.45, 2.75) is 32.5 Å². The second-order valence-electron chi connectivity index (χ2n) is 5.97. The Hall–Kier alpha value is -2.33. The zero-order valence-electron chi connectivity index (χ0n) is 13.9. The van der Waals surface area contributed by atoms with Crippen LogP contribution in [-0.4, -0.2) is 45.6 Å². The molecule has 138 valence electrons. The summed E-state index contributed by atoms with van der Waals surface area (Å²) in [6, 6.07) is 4.38. The van der Waals surface area contributed by atoms with Gasteiger partial charge in [0.25, 0.3) is 0 Å². The first-order valence-electron chi connectivity index (χ1n) is 7.19. The lowest BCUT2D eigenvalue weighted by molar-refractivity contribution is 0.0561. The molecular weight excluding hydrogens is 398 g/mol. The number of benzene rings is 1. The Morgan fingerprint density at radius 3 is 2.48 bits per heavy atom. The lowest BCUT2D eigenvalue weighted by Crippen LogP contribution is -2.45. The molecule has 0 spiro atoms. The Morgan fingerprint density at radius 1 is 1.32 bits per heavy atom. The smallest absolute Gasteiger partial charge is 0.414 e. The monoisotopic (exact) mass is 417 g/mol. The molecule has 0 saturated carbocycles. The number of alkyl carbamates (subject to hydrolysis) is 1. The van der Waals surface area contributed by atoms with Gasteiger partial charge in [0.1, 0.15) is 11.4 Å². The number of hydrogen-bond acceptors (Lipinski definition) is 6. The minimum atomic E-state index is -1.43. The van der Waals surface area contributed by atoms with Gasteiger partial charge in [-0.15, -0.1) is 0 Å². The Bertz CT molecular complexity index is 672. The molecule has 5 N–H and O–H groups in total. The minimum Gasteiger partial charge on any atom is -0.507 e. The van der Waals surface area contributed by atoms with Gasteiger partial charge in [-0.2, -0.15) is 0 Å². The number of nitrogens with one attached hydrogen (secondary N) is 2. The molecule has 0 saturated heterocycles. The molecule has 0 aliphatic carbocycles. The molecule has 1 aromatic carbocycles. The lowest BCUT2D eigenvalue weighted by atomic mass is 10.1. The molecule has 10 heteroatoms. The van der Waals surface area contributed by atoms with Crippen molar-refractivity contribution >= 4 is 34.1 Å². The number of aliphatic hydroxyl groups excluding tert-OH is 1. The van der Waals surface area contributed by atoms with E-state index in [0.717, 1.165) is 0 Å². The summed E-state index contributed by atoms with van der Waals surface area (Å²) in [6.07, 6.45) is -3.40. The summed E-state index contributed by atoms with van der Waals surface area (Å²) in [5, 5.41) is 32.4. The third-order valence-electron chi connectivity index (χ3n) is 2.62. The third kappa shape index (κ3) is 7.86. The number of nitrogens with zero attached hydrogens (tertiary/aromatic N) is 1. The fraction of sp³-hybridized carbons (Fsp3) is 0.400. The molecule has 0 fully saturated rings. The van der Waals surface area contributed by atoms with Gasteiger partial charge in [-0.3, -0.25) is 10.6 Å². The normalized spacial score (nSPS) is 13.1. The molecule has 0 aliphatic rings. The molecule has 1 unspecified atom stereocenters. The Labute approximate surface area is 152 Å². The number of rotatable bonds is 3. The summed E-state index contributed by atoms with van der Waals surface area (Å²) in [5.74, 6) is -0.363. The van der Waals surface area contributed by atoms with E-state index in [1.165, 1.54) is 18.2 Å². The Morgan fingerprint density at radius 2 is 1.96 bits per heavy atom. The van der Waals surface area contributed by atoms with Crippen molar-refractivity contribution in [1.82, 2.24) is 10.6 Å². The van der Waals surface area contributed by atoms with Crippen molar-refractivity contribution in [3.05, 3.63) is 28.2 Å². The summed E-state index contributed by atoms with van der Waals surface area (Å²) in [4.78, 5) is 26.3. The molecule has 1 aromatic rings. The highest BCUT2D eigenvalue weighted by atomic mass is 79.9. The van der Waals surface area contributed by atoms with E-state index in [4.69, 9.17) is 9.84 Å². The van der Waals surface area contributed by atoms with Crippen LogP contribution in [0.1, 0.15) is 32.4 Å². The maximum atomic E-state index is 11.7. The number of carbonyl (C=O) groups is 2. The average molecular weight is 418 g/mol. The number of carbonyl (C=O) groups excluding carboxylic acids is 1. The van der Waals surface area contributed by atoms with Gasteiger partial charge in [0.05, 0.1) is 17.1 Å². The predicted octanol–water partition coefficient (Wildman–Crippen LogP) is 2.34. The van der Waals surface area contributed by atoms with Crippen LogP contribution in [0.4, 0.5) is 9.59 Å². The number of hydrogen-bond donors (Lipinski definition) is 5. The van der Waals surface area contributed by atoms with Gasteiger partial charge in [0.15, 0.2) is 0 Å². The molecule has 1 rings (SSSR count). The van der Waals surface area contributed by atoms with Crippen molar-refractivity contribution < 1.29 is 29.6 Å². The number of phenolic OH excluding ortho intramolecular Hbond substituents is 1. The van der Waals surface area contributed by atoms with E-state index in [1.54, 1.807) is 20.8 Å². The molecule has 2 amide bonds. The lowest BCUT2D eigenvalue weighted by Gasteiger charge is -2.20. The van der Waals surface area contributed by atoms with Gasteiger partial charge in [-0.1, -0.05) is 6.07 Å². The van der Waals surface area contributed by atoms with Gasteiger partial charge in [-0.05, 0) is 54.4 Å². The highest BCUT2D eigenvalue weighted by molar-refractivity contribution is 9.10. The quantitative estimate of drug-likeness (QED) is 0.377. The molecule has 0 aromatic heterocycles. The fourth-order valence-corrected chi connectivity index (χ4v) is 2.02. The number of aromatic hydroxyl groups is 1. The summed E-state index contributed by atoms with van der Waals surface area (Å²) in [5.41, 5.74) is -0.323. The second-order valence-corrected chi connectivity index (χ2v) is 6.83. The molecular formula is C15H20BrN3O6. The standard InChI is InChI=1S/C15H20BrN3O6/c1-15(2,3)25-14(24)19-12(18-13(22)23)17-7-11(21)8-4-5-10(20)9(16)6-8/h4-6,11,20-21H,7H2,1-3H3,(H,22,23)(H2,17,18,19,24). The molecule has 0 radical (unpaired) electrons. The molecule has 0 aliphatic heterocycles. The van der Waals surface area contributed by atoms with E-state index in [-0.39, 0.29) is 18.3 Å². The van der Waals surface area contributed by atoms with Gasteiger partial charge in [0, 0.05) is 0 Å². The maximum Gasteiger partial charge on any atom is 0.414 e. The number of phenols is 1. The zero-order valence-corrected chi connectivity index (χ0v) is 15.5. The van der Waals surface area contributed by atoms with Crippen molar-refractivity contribution in [3.8, 4) is 5.75 Å². The van der Waals surface area contributed by atoms with Crippen LogP contribution >= 0.6 is 15.9 Å². The Kier molecular flexibility index (Phi) is 7.19. The Balaban J connectivity index is 2.82. The molecule has 1 atom stereocenters. The maximum absolute atomic E-state index is 11.7. The highest BCUT2D eigenvalue weighted by Crippen LogP contribution is 2.27. The van der Waals surface area contributed by atoms with Crippen LogP contribution < -0.4 is 10.6 Å². The van der Waals surface area contributed by atoms with Gasteiger partial charge < -0.3 is 20.1 Å². The highest BCUT2D eigenvalue weighted by Gasteiger charge is 2.18. The first kappa shape index (κ1) is 20.7. The molecule has 9 nitrogen and oxygen atoms in total. The summed E-state index contributed by atoms with van der Waals surface area (Å²) < 4.78 is 5.40. The minimum absolute atomic E-state index is 0.0132. The van der Waals surface area contributed by atoms with Gasteiger partial charge >= 0.3 is 12.2 Å². The van der Waals surface area contributed by atoms with E-state index >= 15 is 0 Å². The summed E-state index contributed by atoms with van der Waals surface area (Å²) >= 11 is 3.13. The van der Waals surface area contributed by atoms with Crippen LogP contribution in [0.25, 0.3) is 0 Å². The summed E-state index contributed by atoms with van der Waals surface area (Å²) in [7, 11) is 0. The fourth-order valence-electron chi connectivity index (χ4n) is 1.63. The number of aliphatic hydroxyl groups is 1. The number of aliphatic imine (C=N–C) groups is 1. The average Bonchev–Trinajstić information content (AvgIpc) is 2.44. The second kappa shape index (κ2) is 8.67. The number of amides is 2. The van der Waals surface area contributed by atoms with E-state index in [1.807, 2.05) is 5.32 Å². The van der Waals surface area contributed by atoms with Crippen LogP contribution in [-0.2, 0) is 4.74 Å². The summed E-state index contributed by atoms with van der Waals surface area (Å²) in [6.45, 7) is 4.73. The zero-order chi connectivity index (χ0) is 19.2. The topological polar surface area (TPSA) is 140 Å². The van der Waals surface area contributed by atoms with Crippen molar-refractivity contribution in [2.75, 3.05) is 6.54 Å². The molecule has 25 heavy (non-hydrogen) atoms. The first-order valence-corrected chi connectivity index (χ1v) is 7.98. The number of ether oxygens (including phenoxy) is 1. The van der Waals surface area contributed by atoms with Crippen LogP contribution in [0.2, 0.25) is 0 Å². The largest absolute Gasteiger partial charge is 0.507 e. The van der Waals surface area contributed by atoms with E-state index < -0.39 is 23.9 Å². The van der Waals surface area contributed by atoms with Crippen LogP contribution in [0.15, 0.2) is 27.7 Å². The van der Waals surface area contributed by atoms with Gasteiger partial charge in [-0.25, -0.2) is 14.6 Å². The van der Waals surface area contributed by atoms with E-state index in [2.05, 4.69) is 26.2 Å². The van der Waals surface area contributed by atoms with Crippen molar-refractivity contribution in [3.63, 3.8) is 0 Å². The van der Waals surface area contributed by atoms with E-state index in [9.17, 15) is 19.8 Å². The molecule has 0 bridgehead atoms. The number of halogens is 1. The van der Waals surface area contributed by atoms with Crippen LogP contribution in [0, 0.1) is 0 Å². The third-order valence-corrected chi connectivity index (χ3v) is 3.26. The van der Waals surface area contributed by atoms with Crippen LogP contribution in [0.5, 0.6) is 5.75 Å².